The minimum Gasteiger partial charge on any atom is -0.347 e. The van der Waals surface area contributed by atoms with Crippen LogP contribution < -0.4 is 0 Å². The summed E-state index contributed by atoms with van der Waals surface area (Å²) in [5.41, 5.74) is 0.513. The van der Waals surface area contributed by atoms with Crippen molar-refractivity contribution in [2.75, 3.05) is 39.4 Å². The molecule has 3 aliphatic heterocycles. The van der Waals surface area contributed by atoms with Gasteiger partial charge in [0, 0.05) is 50.0 Å². The zero-order valence-corrected chi connectivity index (χ0v) is 17.9. The highest BCUT2D eigenvalue weighted by molar-refractivity contribution is 7.91. The Morgan fingerprint density at radius 3 is 2.50 bits per heavy atom. The monoisotopic (exact) mass is 454 g/mol. The number of hydrogen-bond acceptors (Lipinski definition) is 9. The van der Waals surface area contributed by atoms with Crippen LogP contribution in [0, 0.1) is 0 Å². The number of likely N-dealkylation sites (tertiary alicyclic amines) is 1. The molecule has 30 heavy (non-hydrogen) atoms. The molecule has 0 bridgehead atoms. The van der Waals surface area contributed by atoms with Gasteiger partial charge in [-0.25, -0.2) is 8.42 Å². The summed E-state index contributed by atoms with van der Waals surface area (Å²) in [4.78, 5) is 18.2. The molecule has 0 aliphatic carbocycles. The molecule has 2 aromatic heterocycles. The lowest BCUT2D eigenvalue weighted by molar-refractivity contribution is -0.179. The van der Waals surface area contributed by atoms with Gasteiger partial charge in [-0.05, 0) is 18.9 Å². The first-order chi connectivity index (χ1) is 14.5. The van der Waals surface area contributed by atoms with Crippen molar-refractivity contribution in [2.24, 2.45) is 0 Å². The van der Waals surface area contributed by atoms with Gasteiger partial charge in [0.05, 0.1) is 13.2 Å². The van der Waals surface area contributed by atoms with Gasteiger partial charge in [0.1, 0.15) is 4.21 Å². The molecule has 2 aromatic rings. The van der Waals surface area contributed by atoms with Gasteiger partial charge in [-0.15, -0.1) is 11.3 Å². The summed E-state index contributed by atoms with van der Waals surface area (Å²) in [7, 11) is -3.64. The predicted molar refractivity (Wildman–Crippen MR) is 105 cm³/mol. The number of carbonyl (C=O) groups is 1. The molecule has 0 aromatic carbocycles. The number of rotatable bonds is 4. The number of amides is 1. The van der Waals surface area contributed by atoms with Crippen LogP contribution in [0.15, 0.2) is 20.2 Å². The van der Waals surface area contributed by atoms with Gasteiger partial charge >= 0.3 is 11.8 Å². The lowest BCUT2D eigenvalue weighted by Crippen LogP contribution is -2.47. The van der Waals surface area contributed by atoms with Gasteiger partial charge < -0.3 is 18.9 Å². The summed E-state index contributed by atoms with van der Waals surface area (Å²) in [6.07, 6.45) is 2.96. The molecule has 0 N–H and O–H groups in total. The summed E-state index contributed by atoms with van der Waals surface area (Å²) in [6, 6.07) is 1.53. The van der Waals surface area contributed by atoms with Crippen LogP contribution in [-0.2, 0) is 19.5 Å². The second kappa shape index (κ2) is 7.68. The molecule has 10 nitrogen and oxygen atoms in total. The van der Waals surface area contributed by atoms with E-state index >= 15 is 0 Å². The Bertz CT molecular complexity index is 1030. The average Bonchev–Trinajstić information content (AvgIpc) is 3.55. The summed E-state index contributed by atoms with van der Waals surface area (Å²) >= 11 is 1.10. The van der Waals surface area contributed by atoms with Crippen LogP contribution >= 0.6 is 11.3 Å². The zero-order valence-electron chi connectivity index (χ0n) is 16.3. The molecule has 5 rings (SSSR count). The Morgan fingerprint density at radius 2 is 1.80 bits per heavy atom. The van der Waals surface area contributed by atoms with E-state index < -0.39 is 15.8 Å². The number of carbonyl (C=O) groups excluding carboxylic acids is 1. The minimum atomic E-state index is -3.64. The van der Waals surface area contributed by atoms with Crippen LogP contribution in [0.25, 0.3) is 11.4 Å². The first kappa shape index (κ1) is 20.1. The van der Waals surface area contributed by atoms with Crippen molar-refractivity contribution in [3.05, 3.63) is 17.3 Å². The van der Waals surface area contributed by atoms with E-state index in [2.05, 4.69) is 10.1 Å². The van der Waals surface area contributed by atoms with Crippen molar-refractivity contribution in [3.8, 4) is 11.4 Å². The largest absolute Gasteiger partial charge is 0.347 e. The van der Waals surface area contributed by atoms with E-state index in [4.69, 9.17) is 14.0 Å². The van der Waals surface area contributed by atoms with Gasteiger partial charge in [-0.2, -0.15) is 9.29 Å². The third-order valence-electron chi connectivity index (χ3n) is 5.73. The van der Waals surface area contributed by atoms with Gasteiger partial charge in [0.25, 0.3) is 10.0 Å². The fourth-order valence-electron chi connectivity index (χ4n) is 4.03. The lowest BCUT2D eigenvalue weighted by atomic mass is 10.1. The highest BCUT2D eigenvalue weighted by Crippen LogP contribution is 2.35. The molecule has 0 atom stereocenters. The maximum atomic E-state index is 13.1. The van der Waals surface area contributed by atoms with E-state index in [0.29, 0.717) is 57.8 Å². The van der Waals surface area contributed by atoms with Crippen LogP contribution in [0.2, 0.25) is 0 Å². The summed E-state index contributed by atoms with van der Waals surface area (Å²) in [5.74, 6) is -0.774. The van der Waals surface area contributed by atoms with E-state index in [-0.39, 0.29) is 21.8 Å². The van der Waals surface area contributed by atoms with Crippen LogP contribution in [0.1, 0.15) is 36.4 Å². The molecule has 12 heteroatoms. The van der Waals surface area contributed by atoms with Crippen molar-refractivity contribution in [1.82, 2.24) is 19.3 Å². The lowest BCUT2D eigenvalue weighted by Gasteiger charge is -2.36. The van der Waals surface area contributed by atoms with Gasteiger partial charge in [0.2, 0.25) is 5.82 Å². The molecule has 0 unspecified atom stereocenters. The Hall–Kier alpha value is -1.86. The molecule has 3 aliphatic rings. The molecule has 5 heterocycles. The average molecular weight is 455 g/mol. The molecular formula is C18H22N4O6S2. The third-order valence-corrected chi connectivity index (χ3v) is 9.04. The van der Waals surface area contributed by atoms with Crippen molar-refractivity contribution >= 4 is 27.3 Å². The van der Waals surface area contributed by atoms with E-state index in [1.165, 1.54) is 10.4 Å². The fourth-order valence-corrected chi connectivity index (χ4v) is 6.78. The van der Waals surface area contributed by atoms with E-state index in [9.17, 15) is 13.2 Å². The van der Waals surface area contributed by atoms with Gasteiger partial charge in [-0.3, -0.25) is 4.79 Å². The summed E-state index contributed by atoms with van der Waals surface area (Å²) in [5, 5.41) is 5.53. The first-order valence-electron chi connectivity index (χ1n) is 9.97. The van der Waals surface area contributed by atoms with Crippen LogP contribution in [0.3, 0.4) is 0 Å². The molecule has 0 radical (unpaired) electrons. The maximum Gasteiger partial charge on any atom is 0.316 e. The van der Waals surface area contributed by atoms with Crippen LogP contribution in [-0.4, -0.2) is 78.9 Å². The number of sulfonamides is 1. The Morgan fingerprint density at radius 1 is 1.10 bits per heavy atom. The quantitative estimate of drug-likeness (QED) is 0.684. The van der Waals surface area contributed by atoms with Crippen LogP contribution in [0.5, 0.6) is 0 Å². The van der Waals surface area contributed by atoms with Crippen molar-refractivity contribution in [1.29, 1.82) is 0 Å². The maximum absolute atomic E-state index is 13.1. The third kappa shape index (κ3) is 3.56. The second-order valence-electron chi connectivity index (χ2n) is 7.59. The molecule has 1 amide bonds. The highest BCUT2D eigenvalue weighted by Gasteiger charge is 2.43. The molecular weight excluding hydrogens is 432 g/mol. The summed E-state index contributed by atoms with van der Waals surface area (Å²) < 4.78 is 44.2. The second-order valence-corrected chi connectivity index (χ2v) is 10.7. The molecule has 1 spiro atoms. The van der Waals surface area contributed by atoms with E-state index in [1.807, 2.05) is 0 Å². The molecule has 0 saturated carbocycles. The topological polar surface area (TPSA) is 115 Å². The Balaban J connectivity index is 1.30. The predicted octanol–water partition coefficient (Wildman–Crippen LogP) is 1.56. The van der Waals surface area contributed by atoms with Gasteiger partial charge in [-0.1, -0.05) is 5.16 Å². The minimum absolute atomic E-state index is 0.0691. The number of hydrogen-bond donors (Lipinski definition) is 0. The standard InChI is InChI=1S/C18H22N4O6S2/c23-17(21-5-1-2-6-21)16-19-15(20-28-16)13-11-14(29-12-13)30(24,25)22-7-3-18(4-8-22)26-9-10-27-18/h11-12H,1-10H2. The van der Waals surface area contributed by atoms with E-state index in [1.54, 1.807) is 10.3 Å². The summed E-state index contributed by atoms with van der Waals surface area (Å²) in [6.45, 7) is 3.15. The number of thiophene rings is 1. The van der Waals surface area contributed by atoms with Crippen molar-refractivity contribution in [3.63, 3.8) is 0 Å². The van der Waals surface area contributed by atoms with Crippen LogP contribution in [0.4, 0.5) is 0 Å². The van der Waals surface area contributed by atoms with Crippen molar-refractivity contribution < 1.29 is 27.2 Å². The van der Waals surface area contributed by atoms with Crippen molar-refractivity contribution in [2.45, 2.75) is 35.7 Å². The first-order valence-corrected chi connectivity index (χ1v) is 12.3. The zero-order chi connectivity index (χ0) is 20.8. The SMILES string of the molecule is O=C(c1nc(-c2csc(S(=O)(=O)N3CCC4(CC3)OCCO4)c2)no1)N1CCCC1. The molecule has 3 saturated heterocycles. The Labute approximate surface area is 177 Å². The number of nitrogens with zero attached hydrogens (tertiary/aromatic N) is 4. The highest BCUT2D eigenvalue weighted by atomic mass is 32.2. The number of aromatic nitrogens is 2. The smallest absolute Gasteiger partial charge is 0.316 e. The Kier molecular flexibility index (Phi) is 5.14. The molecule has 162 valence electrons. The fraction of sp³-hybridized carbons (Fsp3) is 0.611. The number of ether oxygens (including phenoxy) is 2. The van der Waals surface area contributed by atoms with Gasteiger partial charge in [0.15, 0.2) is 5.79 Å². The number of piperidine rings is 1. The normalized spacial score (nSPS) is 22.2. The molecule has 3 fully saturated rings. The van der Waals surface area contributed by atoms with E-state index in [0.717, 1.165) is 24.2 Å².